The van der Waals surface area contributed by atoms with Gasteiger partial charge in [0.2, 0.25) is 0 Å². The average Bonchev–Trinajstić information content (AvgIpc) is 2.91. The molecule has 8 heteroatoms. The first kappa shape index (κ1) is 29.8. The van der Waals surface area contributed by atoms with Gasteiger partial charge in [-0.2, -0.15) is 0 Å². The molecule has 0 heterocycles. The second-order valence-electron chi connectivity index (χ2n) is 9.04. The van der Waals surface area contributed by atoms with E-state index in [-0.39, 0.29) is 41.7 Å². The van der Waals surface area contributed by atoms with E-state index in [0.717, 1.165) is 12.0 Å². The number of hydrogen-bond acceptors (Lipinski definition) is 6. The van der Waals surface area contributed by atoms with Crippen LogP contribution in [0.5, 0.6) is 5.75 Å². The SMILES string of the molecule is CCCC(C(=O)Nc1c(C)cc(OC)cc1C(=O)OCC)[N+](CC)(CC)CC(=O)OCc1ccccc1. The highest BCUT2D eigenvalue weighted by atomic mass is 16.5. The summed E-state index contributed by atoms with van der Waals surface area (Å²) in [6, 6.07) is 12.3. The number of amides is 1. The number of methoxy groups -OCH3 is 1. The van der Waals surface area contributed by atoms with Gasteiger partial charge in [-0.3, -0.25) is 4.79 Å². The zero-order valence-corrected chi connectivity index (χ0v) is 23.0. The van der Waals surface area contributed by atoms with Crippen molar-refractivity contribution >= 4 is 23.5 Å². The molecule has 2 aromatic rings. The van der Waals surface area contributed by atoms with Crippen LogP contribution in [0.2, 0.25) is 0 Å². The third-order valence-corrected chi connectivity index (χ3v) is 6.76. The number of likely N-dealkylation sites (N-methyl/N-ethyl adjacent to an activating group) is 1. The predicted molar refractivity (Wildman–Crippen MR) is 143 cm³/mol. The molecule has 0 spiro atoms. The van der Waals surface area contributed by atoms with Gasteiger partial charge in [0.1, 0.15) is 12.4 Å². The average molecular weight is 514 g/mol. The molecule has 0 saturated heterocycles. The summed E-state index contributed by atoms with van der Waals surface area (Å²) in [5.41, 5.74) is 2.21. The zero-order valence-electron chi connectivity index (χ0n) is 23.0. The van der Waals surface area contributed by atoms with Crippen LogP contribution in [0.25, 0.3) is 0 Å². The Hall–Kier alpha value is -3.39. The lowest BCUT2D eigenvalue weighted by molar-refractivity contribution is -0.933. The monoisotopic (exact) mass is 513 g/mol. The van der Waals surface area contributed by atoms with Crippen LogP contribution in [0.3, 0.4) is 0 Å². The summed E-state index contributed by atoms with van der Waals surface area (Å²) in [5, 5.41) is 3.00. The summed E-state index contributed by atoms with van der Waals surface area (Å²) in [4.78, 5) is 39.5. The molecule has 1 amide bonds. The Morgan fingerprint density at radius 2 is 1.65 bits per heavy atom. The van der Waals surface area contributed by atoms with Gasteiger partial charge in [0.25, 0.3) is 5.91 Å². The van der Waals surface area contributed by atoms with Crippen molar-refractivity contribution in [2.75, 3.05) is 38.7 Å². The lowest BCUT2D eigenvalue weighted by Gasteiger charge is -2.42. The van der Waals surface area contributed by atoms with Crippen LogP contribution >= 0.6 is 0 Å². The molecule has 1 N–H and O–H groups in total. The molecular weight excluding hydrogens is 472 g/mol. The molecule has 2 rings (SSSR count). The third-order valence-electron chi connectivity index (χ3n) is 6.76. The highest BCUT2D eigenvalue weighted by Crippen LogP contribution is 2.29. The Morgan fingerprint density at radius 1 is 0.973 bits per heavy atom. The van der Waals surface area contributed by atoms with Gasteiger partial charge in [0.05, 0.1) is 38.1 Å². The highest BCUT2D eigenvalue weighted by Gasteiger charge is 2.41. The molecule has 0 aliphatic heterocycles. The fraction of sp³-hybridized carbons (Fsp3) is 0.483. The van der Waals surface area contributed by atoms with Crippen molar-refractivity contribution in [3.8, 4) is 5.75 Å². The van der Waals surface area contributed by atoms with Crippen LogP contribution in [0.15, 0.2) is 42.5 Å². The van der Waals surface area contributed by atoms with Gasteiger partial charge < -0.3 is 24.0 Å². The van der Waals surface area contributed by atoms with Crippen molar-refractivity contribution in [3.63, 3.8) is 0 Å². The molecule has 37 heavy (non-hydrogen) atoms. The molecule has 0 aromatic heterocycles. The molecule has 202 valence electrons. The van der Waals surface area contributed by atoms with Gasteiger partial charge in [0, 0.05) is 6.42 Å². The quantitative estimate of drug-likeness (QED) is 0.286. The Kier molecular flexibility index (Phi) is 11.6. The minimum atomic E-state index is -0.539. The van der Waals surface area contributed by atoms with E-state index in [9.17, 15) is 14.4 Å². The number of esters is 2. The number of hydrogen-bond donors (Lipinski definition) is 1. The fourth-order valence-corrected chi connectivity index (χ4v) is 4.58. The summed E-state index contributed by atoms with van der Waals surface area (Å²) < 4.78 is 16.4. The zero-order chi connectivity index (χ0) is 27.4. The molecule has 8 nitrogen and oxygen atoms in total. The molecule has 2 aromatic carbocycles. The minimum Gasteiger partial charge on any atom is -0.497 e. The van der Waals surface area contributed by atoms with Gasteiger partial charge in [-0.25, -0.2) is 9.59 Å². The Bertz CT molecular complexity index is 1050. The van der Waals surface area contributed by atoms with Gasteiger partial charge in [-0.1, -0.05) is 37.3 Å². The van der Waals surface area contributed by atoms with Crippen LogP contribution in [0, 0.1) is 6.92 Å². The van der Waals surface area contributed by atoms with Crippen LogP contribution in [-0.2, 0) is 25.7 Å². The van der Waals surface area contributed by atoms with Gasteiger partial charge in [0.15, 0.2) is 12.6 Å². The minimum absolute atomic E-state index is 0.0737. The van der Waals surface area contributed by atoms with E-state index in [1.807, 2.05) is 51.1 Å². The molecule has 0 aliphatic rings. The maximum absolute atomic E-state index is 13.8. The lowest BCUT2D eigenvalue weighted by atomic mass is 10.0. The maximum Gasteiger partial charge on any atom is 0.362 e. The largest absolute Gasteiger partial charge is 0.497 e. The number of rotatable bonds is 14. The summed E-state index contributed by atoms with van der Waals surface area (Å²) in [6.45, 7) is 11.1. The van der Waals surface area contributed by atoms with E-state index >= 15 is 0 Å². The molecule has 0 saturated carbocycles. The van der Waals surface area contributed by atoms with Crippen LogP contribution in [0.4, 0.5) is 5.69 Å². The van der Waals surface area contributed by atoms with Crippen molar-refractivity contribution < 1.29 is 33.1 Å². The summed E-state index contributed by atoms with van der Waals surface area (Å²) in [5.74, 6) is -0.644. The molecular formula is C29H41N2O6+. The van der Waals surface area contributed by atoms with Gasteiger partial charge >= 0.3 is 11.9 Å². The molecule has 1 unspecified atom stereocenters. The first-order valence-electron chi connectivity index (χ1n) is 13.0. The number of anilines is 1. The van der Waals surface area contributed by atoms with Gasteiger partial charge in [-0.15, -0.1) is 0 Å². The van der Waals surface area contributed by atoms with E-state index in [0.29, 0.717) is 36.5 Å². The molecule has 0 bridgehead atoms. The second kappa shape index (κ2) is 14.4. The number of quaternary nitrogens is 1. The number of nitrogens with one attached hydrogen (secondary N) is 1. The Morgan fingerprint density at radius 3 is 2.22 bits per heavy atom. The van der Waals surface area contributed by atoms with E-state index in [1.165, 1.54) is 7.11 Å². The molecule has 1 atom stereocenters. The molecule has 0 aliphatic carbocycles. The van der Waals surface area contributed by atoms with Crippen molar-refractivity contribution in [2.45, 2.75) is 60.1 Å². The second-order valence-corrected chi connectivity index (χ2v) is 9.04. The van der Waals surface area contributed by atoms with Gasteiger partial charge in [-0.05, 0) is 57.4 Å². The number of nitrogens with zero attached hydrogens (tertiary/aromatic N) is 1. The van der Waals surface area contributed by atoms with Crippen molar-refractivity contribution in [1.29, 1.82) is 0 Å². The normalized spacial score (nSPS) is 11.9. The standard InChI is InChI=1S/C29H40N2O6/c1-7-14-25(31(8-2,9-3)19-26(32)37-20-22-15-12-11-13-16-22)28(33)30-27-21(5)17-23(35-6)18-24(27)29(34)36-10-4/h11-13,15-18,25H,7-10,14,19-20H2,1-6H3/p+1. The first-order chi connectivity index (χ1) is 17.7. The third kappa shape index (κ3) is 7.79. The topological polar surface area (TPSA) is 90.9 Å². The summed E-state index contributed by atoms with van der Waals surface area (Å²) in [6.07, 6.45) is 1.33. The molecule has 0 radical (unpaired) electrons. The Balaban J connectivity index is 2.33. The van der Waals surface area contributed by atoms with Crippen molar-refractivity contribution in [1.82, 2.24) is 0 Å². The number of aryl methyl sites for hydroxylation is 1. The lowest BCUT2D eigenvalue weighted by Crippen LogP contribution is -2.62. The van der Waals surface area contributed by atoms with Crippen molar-refractivity contribution in [3.05, 3.63) is 59.2 Å². The number of carbonyl (C=O) groups excluding carboxylic acids is 3. The first-order valence-corrected chi connectivity index (χ1v) is 13.0. The summed E-state index contributed by atoms with van der Waals surface area (Å²) >= 11 is 0. The fourth-order valence-electron chi connectivity index (χ4n) is 4.58. The van der Waals surface area contributed by atoms with Crippen LogP contribution < -0.4 is 10.1 Å². The number of ether oxygens (including phenoxy) is 3. The highest BCUT2D eigenvalue weighted by molar-refractivity contribution is 6.03. The summed E-state index contributed by atoms with van der Waals surface area (Å²) in [7, 11) is 1.52. The van der Waals surface area contributed by atoms with Crippen molar-refractivity contribution in [2.24, 2.45) is 0 Å². The van der Waals surface area contributed by atoms with Crippen LogP contribution in [0.1, 0.15) is 62.0 Å². The Labute approximate surface area is 220 Å². The maximum atomic E-state index is 13.8. The van der Waals surface area contributed by atoms with E-state index in [1.54, 1.807) is 26.0 Å². The smallest absolute Gasteiger partial charge is 0.362 e. The van der Waals surface area contributed by atoms with E-state index in [4.69, 9.17) is 14.2 Å². The predicted octanol–water partition coefficient (Wildman–Crippen LogP) is 4.89. The van der Waals surface area contributed by atoms with Crippen LogP contribution in [-0.4, -0.2) is 61.7 Å². The van der Waals surface area contributed by atoms with E-state index < -0.39 is 12.0 Å². The number of benzene rings is 2. The number of carbonyl (C=O) groups is 3. The molecule has 0 fully saturated rings. The van der Waals surface area contributed by atoms with E-state index in [2.05, 4.69) is 5.32 Å².